The van der Waals surface area contributed by atoms with Gasteiger partial charge in [0.2, 0.25) is 5.91 Å². The van der Waals surface area contributed by atoms with Gasteiger partial charge in [-0.1, -0.05) is 13.8 Å². The Morgan fingerprint density at radius 3 is 2.44 bits per heavy atom. The van der Waals surface area contributed by atoms with Gasteiger partial charge in [0, 0.05) is 30.3 Å². The van der Waals surface area contributed by atoms with Gasteiger partial charge in [0.15, 0.2) is 5.69 Å². The van der Waals surface area contributed by atoms with E-state index in [0.29, 0.717) is 5.69 Å². The quantitative estimate of drug-likeness (QED) is 0.270. The van der Waals surface area contributed by atoms with E-state index in [2.05, 4.69) is 48.1 Å². The second-order valence-electron chi connectivity index (χ2n) is 9.18. The summed E-state index contributed by atoms with van der Waals surface area (Å²) in [6.45, 7) is 10.9. The molecule has 0 radical (unpaired) electrons. The van der Waals surface area contributed by atoms with E-state index in [1.165, 1.54) is 0 Å². The zero-order valence-corrected chi connectivity index (χ0v) is 20.7. The molecule has 1 unspecified atom stereocenters. The Kier molecular flexibility index (Phi) is 7.33. The molecule has 3 rings (SSSR count). The van der Waals surface area contributed by atoms with Gasteiger partial charge in [-0.2, -0.15) is 5.26 Å². The van der Waals surface area contributed by atoms with E-state index >= 15 is 0 Å². The highest BCUT2D eigenvalue weighted by atomic mass is 16.6. The first-order valence-electron chi connectivity index (χ1n) is 11.5. The summed E-state index contributed by atoms with van der Waals surface area (Å²) in [5.41, 5.74) is 0.380. The SMILES string of the molecule is CCC(=O)Nc1cc2c(cc1N=Nc1c(C#N)cc([N+](=O)[O-])cc1[N+](=O)[O-])C(C)CC(C)(C)N2CC. The van der Waals surface area contributed by atoms with Gasteiger partial charge in [-0.15, -0.1) is 10.2 Å². The van der Waals surface area contributed by atoms with Crippen molar-refractivity contribution in [2.45, 2.75) is 58.9 Å². The molecule has 1 atom stereocenters. The molecule has 12 nitrogen and oxygen atoms in total. The number of nitriles is 1. The lowest BCUT2D eigenvalue weighted by Gasteiger charge is -2.47. The number of hydrogen-bond acceptors (Lipinski definition) is 9. The molecule has 1 heterocycles. The second-order valence-corrected chi connectivity index (χ2v) is 9.18. The first-order valence-corrected chi connectivity index (χ1v) is 11.5. The van der Waals surface area contributed by atoms with Gasteiger partial charge >= 0.3 is 5.69 Å². The third-order valence-electron chi connectivity index (χ3n) is 6.27. The first kappa shape index (κ1) is 26.2. The van der Waals surface area contributed by atoms with E-state index in [-0.39, 0.29) is 35.0 Å². The molecule has 36 heavy (non-hydrogen) atoms. The fourth-order valence-corrected chi connectivity index (χ4v) is 4.68. The largest absolute Gasteiger partial charge is 0.366 e. The number of non-ortho nitro benzene ring substituents is 1. The summed E-state index contributed by atoms with van der Waals surface area (Å²) in [6, 6.07) is 6.99. The number of nitrogens with one attached hydrogen (secondary N) is 1. The van der Waals surface area contributed by atoms with Crippen molar-refractivity contribution in [1.29, 1.82) is 5.26 Å². The normalized spacial score (nSPS) is 16.3. The third-order valence-corrected chi connectivity index (χ3v) is 6.27. The average Bonchev–Trinajstić information content (AvgIpc) is 2.81. The van der Waals surface area contributed by atoms with Crippen LogP contribution in [0.1, 0.15) is 64.5 Å². The van der Waals surface area contributed by atoms with E-state index in [4.69, 9.17) is 0 Å². The third kappa shape index (κ3) is 5.00. The van der Waals surface area contributed by atoms with Crippen LogP contribution in [0.2, 0.25) is 0 Å². The van der Waals surface area contributed by atoms with E-state index in [1.54, 1.807) is 19.1 Å². The predicted molar refractivity (Wildman–Crippen MR) is 134 cm³/mol. The van der Waals surface area contributed by atoms with Gasteiger partial charge in [-0.3, -0.25) is 25.0 Å². The highest BCUT2D eigenvalue weighted by Crippen LogP contribution is 2.47. The van der Waals surface area contributed by atoms with Crippen molar-refractivity contribution in [1.82, 2.24) is 0 Å². The zero-order valence-electron chi connectivity index (χ0n) is 20.7. The summed E-state index contributed by atoms with van der Waals surface area (Å²) < 4.78 is 0. The van der Waals surface area contributed by atoms with Crippen molar-refractivity contribution < 1.29 is 14.6 Å². The molecule has 188 valence electrons. The van der Waals surface area contributed by atoms with Crippen molar-refractivity contribution in [2.24, 2.45) is 10.2 Å². The zero-order chi connectivity index (χ0) is 26.8. The number of azo groups is 1. The first-order chi connectivity index (χ1) is 16.9. The van der Waals surface area contributed by atoms with Crippen LogP contribution in [0.5, 0.6) is 0 Å². The minimum atomic E-state index is -0.849. The topological polar surface area (TPSA) is 167 Å². The van der Waals surface area contributed by atoms with E-state index < -0.39 is 26.9 Å². The van der Waals surface area contributed by atoms with Crippen molar-refractivity contribution in [3.05, 3.63) is 55.6 Å². The Labute approximate surface area is 207 Å². The fraction of sp³-hybridized carbons (Fsp3) is 0.417. The number of nitro groups is 2. The molecule has 0 saturated heterocycles. The Bertz CT molecular complexity index is 1310. The lowest BCUT2D eigenvalue weighted by molar-refractivity contribution is -0.393. The van der Waals surface area contributed by atoms with Crippen LogP contribution in [0.25, 0.3) is 0 Å². The van der Waals surface area contributed by atoms with E-state index in [0.717, 1.165) is 36.3 Å². The minimum absolute atomic E-state index is 0.114. The van der Waals surface area contributed by atoms with E-state index in [9.17, 15) is 30.3 Å². The molecule has 1 aliphatic rings. The summed E-state index contributed by atoms with van der Waals surface area (Å²) in [5.74, 6) is -0.0948. The van der Waals surface area contributed by atoms with Crippen LogP contribution in [0.3, 0.4) is 0 Å². The summed E-state index contributed by atoms with van der Waals surface area (Å²) in [4.78, 5) is 35.6. The minimum Gasteiger partial charge on any atom is -0.366 e. The molecule has 12 heteroatoms. The molecule has 0 aliphatic carbocycles. The van der Waals surface area contributed by atoms with Gasteiger partial charge in [-0.05, 0) is 50.8 Å². The maximum absolute atomic E-state index is 12.3. The van der Waals surface area contributed by atoms with Gasteiger partial charge < -0.3 is 10.2 Å². The summed E-state index contributed by atoms with van der Waals surface area (Å²) in [6.07, 6.45) is 1.09. The number of amides is 1. The number of anilines is 2. The monoisotopic (exact) mass is 493 g/mol. The fourth-order valence-electron chi connectivity index (χ4n) is 4.68. The molecule has 2 aromatic rings. The van der Waals surface area contributed by atoms with Crippen LogP contribution in [0.15, 0.2) is 34.5 Å². The van der Waals surface area contributed by atoms with Crippen molar-refractivity contribution in [3.8, 4) is 6.07 Å². The van der Waals surface area contributed by atoms with Crippen molar-refractivity contribution >= 4 is 40.0 Å². The molecule has 0 saturated carbocycles. The number of fused-ring (bicyclic) bond motifs is 1. The molecular weight excluding hydrogens is 466 g/mol. The van der Waals surface area contributed by atoms with Gasteiger partial charge in [0.1, 0.15) is 11.8 Å². The summed E-state index contributed by atoms with van der Waals surface area (Å²) in [7, 11) is 0. The molecular formula is C24H27N7O5. The number of benzene rings is 2. The van der Waals surface area contributed by atoms with E-state index in [1.807, 2.05) is 6.07 Å². The van der Waals surface area contributed by atoms with Crippen LogP contribution < -0.4 is 10.2 Å². The van der Waals surface area contributed by atoms with Crippen molar-refractivity contribution in [2.75, 3.05) is 16.8 Å². The second kappa shape index (κ2) is 10.1. The molecule has 0 bridgehead atoms. The Hall–Kier alpha value is -4.40. The lowest BCUT2D eigenvalue weighted by Crippen LogP contribution is -2.48. The Morgan fingerprint density at radius 1 is 1.19 bits per heavy atom. The lowest BCUT2D eigenvalue weighted by atomic mass is 9.79. The molecule has 0 aromatic heterocycles. The number of hydrogen-bond donors (Lipinski definition) is 1. The predicted octanol–water partition coefficient (Wildman–Crippen LogP) is 6.25. The Morgan fingerprint density at radius 2 is 1.89 bits per heavy atom. The maximum atomic E-state index is 12.3. The summed E-state index contributed by atoms with van der Waals surface area (Å²) in [5, 5.41) is 43.2. The summed E-state index contributed by atoms with van der Waals surface area (Å²) >= 11 is 0. The molecule has 1 aliphatic heterocycles. The standard InChI is InChI=1S/C24H27N7O5/c1-6-22(32)26-18-11-20-17(14(3)12-24(4,5)29(20)7-2)10-19(18)27-28-23-15(13-25)8-16(30(33)34)9-21(23)31(35)36/h8-11,14H,6-7,12H2,1-5H3,(H,26,32). The smallest absolute Gasteiger partial charge is 0.304 e. The van der Waals surface area contributed by atoms with Crippen LogP contribution in [-0.4, -0.2) is 27.8 Å². The number of nitro benzene ring substituents is 2. The molecule has 1 amide bonds. The average molecular weight is 494 g/mol. The highest BCUT2D eigenvalue weighted by molar-refractivity contribution is 5.95. The molecule has 1 N–H and O–H groups in total. The highest BCUT2D eigenvalue weighted by Gasteiger charge is 2.36. The molecule has 2 aromatic carbocycles. The van der Waals surface area contributed by atoms with Gasteiger partial charge in [-0.25, -0.2) is 0 Å². The van der Waals surface area contributed by atoms with Crippen LogP contribution in [0, 0.1) is 31.6 Å². The van der Waals surface area contributed by atoms with Crippen LogP contribution in [0.4, 0.5) is 34.1 Å². The van der Waals surface area contributed by atoms with Crippen LogP contribution in [-0.2, 0) is 4.79 Å². The van der Waals surface area contributed by atoms with Gasteiger partial charge in [0.25, 0.3) is 5.69 Å². The number of carbonyl (C=O) groups excluding carboxylic acids is 1. The maximum Gasteiger partial charge on any atom is 0.304 e. The number of carbonyl (C=O) groups is 1. The number of rotatable bonds is 7. The van der Waals surface area contributed by atoms with Crippen LogP contribution >= 0.6 is 0 Å². The van der Waals surface area contributed by atoms with Gasteiger partial charge in [0.05, 0.1) is 27.2 Å². The molecule has 0 spiro atoms. The molecule has 0 fully saturated rings. The van der Waals surface area contributed by atoms with Crippen molar-refractivity contribution in [3.63, 3.8) is 0 Å². The number of nitrogens with zero attached hydrogens (tertiary/aromatic N) is 6. The Balaban J connectivity index is 2.22.